The molecule has 0 aromatic rings. The Bertz CT molecular complexity index is 243. The first-order chi connectivity index (χ1) is 7.74. The van der Waals surface area contributed by atoms with Gasteiger partial charge in [-0.25, -0.2) is 0 Å². The number of carbonyl (C=O) groups excluding carboxylic acids is 1. The molecule has 0 fully saturated rings. The summed E-state index contributed by atoms with van der Waals surface area (Å²) < 4.78 is 0. The Morgan fingerprint density at radius 2 is 1.94 bits per heavy atom. The fourth-order valence-corrected chi connectivity index (χ4v) is 1.77. The van der Waals surface area contributed by atoms with Gasteiger partial charge in [-0.1, -0.05) is 13.8 Å². The number of carbonyl (C=O) groups is 1. The number of hydrogen-bond acceptors (Lipinski definition) is 3. The van der Waals surface area contributed by atoms with E-state index in [1.165, 1.54) is 0 Å². The summed E-state index contributed by atoms with van der Waals surface area (Å²) in [5.41, 5.74) is 4.81. The van der Waals surface area contributed by atoms with Crippen LogP contribution in [-0.4, -0.2) is 43.0 Å². The minimum absolute atomic E-state index is 0.278. The molecule has 4 heteroatoms. The van der Waals surface area contributed by atoms with E-state index < -0.39 is 5.54 Å². The number of nitrogens with zero attached hydrogens (tertiary/aromatic N) is 1. The van der Waals surface area contributed by atoms with E-state index in [2.05, 4.69) is 38.0 Å². The summed E-state index contributed by atoms with van der Waals surface area (Å²) in [5.74, 6) is 0.367. The lowest BCUT2D eigenvalue weighted by Crippen LogP contribution is -2.51. The highest BCUT2D eigenvalue weighted by molar-refractivity contribution is 5.84. The quantitative estimate of drug-likeness (QED) is 0.673. The second-order valence-electron chi connectivity index (χ2n) is 5.52. The van der Waals surface area contributed by atoms with Gasteiger partial charge in [0, 0.05) is 6.04 Å². The number of likely N-dealkylation sites (N-methyl/N-ethyl adjacent to an activating group) is 1. The van der Waals surface area contributed by atoms with Gasteiger partial charge in [-0.15, -0.1) is 0 Å². The Hall–Kier alpha value is -0.610. The highest BCUT2D eigenvalue weighted by Gasteiger charge is 2.28. The molecule has 0 aromatic carbocycles. The minimum atomic E-state index is -0.581. The lowest BCUT2D eigenvalue weighted by molar-refractivity contribution is -0.123. The van der Waals surface area contributed by atoms with Crippen LogP contribution in [-0.2, 0) is 4.79 Å². The summed E-state index contributed by atoms with van der Waals surface area (Å²) >= 11 is 0. The molecule has 102 valence electrons. The fourth-order valence-electron chi connectivity index (χ4n) is 1.77. The zero-order chi connectivity index (χ0) is 13.6. The number of rotatable bonds is 8. The van der Waals surface area contributed by atoms with Crippen LogP contribution < -0.4 is 11.1 Å². The predicted molar refractivity (Wildman–Crippen MR) is 72.8 cm³/mol. The van der Waals surface area contributed by atoms with Crippen molar-refractivity contribution in [2.24, 2.45) is 11.7 Å². The first-order valence-corrected chi connectivity index (χ1v) is 6.43. The van der Waals surface area contributed by atoms with Gasteiger partial charge in [0.15, 0.2) is 0 Å². The SMILES string of the molecule is CNC(C)(CCCN(C)C(C)C(C)C)C(N)=O. The van der Waals surface area contributed by atoms with Crippen molar-refractivity contribution in [3.63, 3.8) is 0 Å². The Kier molecular flexibility index (Phi) is 6.72. The van der Waals surface area contributed by atoms with Crippen LogP contribution in [0.4, 0.5) is 0 Å². The average Bonchev–Trinajstić information content (AvgIpc) is 2.26. The maximum Gasteiger partial charge on any atom is 0.237 e. The zero-order valence-electron chi connectivity index (χ0n) is 12.2. The summed E-state index contributed by atoms with van der Waals surface area (Å²) in [6, 6.07) is 0.560. The third-order valence-corrected chi connectivity index (χ3v) is 3.94. The molecule has 0 saturated heterocycles. The van der Waals surface area contributed by atoms with E-state index in [1.54, 1.807) is 7.05 Å². The predicted octanol–water partition coefficient (Wildman–Crippen LogP) is 1.21. The van der Waals surface area contributed by atoms with Crippen molar-refractivity contribution in [3.05, 3.63) is 0 Å². The molecule has 0 saturated carbocycles. The molecule has 0 radical (unpaired) electrons. The maximum atomic E-state index is 11.3. The van der Waals surface area contributed by atoms with Gasteiger partial charge in [0.2, 0.25) is 5.91 Å². The van der Waals surface area contributed by atoms with Crippen LogP contribution in [0.3, 0.4) is 0 Å². The standard InChI is InChI=1S/C13H29N3O/c1-10(2)11(3)16(6)9-7-8-13(4,15-5)12(14)17/h10-11,15H,7-9H2,1-6H3,(H2,14,17). The maximum absolute atomic E-state index is 11.3. The van der Waals surface area contributed by atoms with Crippen LogP contribution in [0.5, 0.6) is 0 Å². The van der Waals surface area contributed by atoms with Gasteiger partial charge in [-0.05, 0) is 53.2 Å². The summed E-state index contributed by atoms with van der Waals surface area (Å²) in [5, 5.41) is 3.01. The highest BCUT2D eigenvalue weighted by atomic mass is 16.1. The fraction of sp³-hybridized carbons (Fsp3) is 0.923. The summed E-state index contributed by atoms with van der Waals surface area (Å²) in [6.45, 7) is 9.53. The molecule has 2 unspecified atom stereocenters. The summed E-state index contributed by atoms with van der Waals surface area (Å²) in [4.78, 5) is 13.7. The Balaban J connectivity index is 4.10. The smallest absolute Gasteiger partial charge is 0.237 e. The van der Waals surface area contributed by atoms with E-state index in [9.17, 15) is 4.79 Å². The molecular weight excluding hydrogens is 214 g/mol. The third-order valence-electron chi connectivity index (χ3n) is 3.94. The van der Waals surface area contributed by atoms with Crippen LogP contribution >= 0.6 is 0 Å². The van der Waals surface area contributed by atoms with Crippen LogP contribution in [0, 0.1) is 5.92 Å². The molecule has 0 bridgehead atoms. The largest absolute Gasteiger partial charge is 0.368 e. The monoisotopic (exact) mass is 243 g/mol. The first-order valence-electron chi connectivity index (χ1n) is 6.43. The van der Waals surface area contributed by atoms with Crippen molar-refractivity contribution < 1.29 is 4.79 Å². The Labute approximate surface area is 106 Å². The lowest BCUT2D eigenvalue weighted by Gasteiger charge is -2.30. The number of amides is 1. The molecule has 2 atom stereocenters. The molecular formula is C13H29N3O. The van der Waals surface area contributed by atoms with Crippen molar-refractivity contribution in [1.29, 1.82) is 0 Å². The molecule has 0 rings (SSSR count). The Morgan fingerprint density at radius 1 is 1.41 bits per heavy atom. The number of nitrogens with one attached hydrogen (secondary N) is 1. The second kappa shape index (κ2) is 6.97. The van der Waals surface area contributed by atoms with Crippen LogP contribution in [0.15, 0.2) is 0 Å². The van der Waals surface area contributed by atoms with Crippen molar-refractivity contribution in [2.75, 3.05) is 20.6 Å². The lowest BCUT2D eigenvalue weighted by atomic mass is 9.95. The van der Waals surface area contributed by atoms with E-state index in [4.69, 9.17) is 5.73 Å². The number of hydrogen-bond donors (Lipinski definition) is 2. The van der Waals surface area contributed by atoms with Crippen LogP contribution in [0.1, 0.15) is 40.5 Å². The molecule has 4 nitrogen and oxygen atoms in total. The number of nitrogens with two attached hydrogens (primary N) is 1. The van der Waals surface area contributed by atoms with Gasteiger partial charge < -0.3 is 16.0 Å². The van der Waals surface area contributed by atoms with Crippen LogP contribution in [0.25, 0.3) is 0 Å². The molecule has 3 N–H and O–H groups in total. The molecule has 0 aliphatic rings. The van der Waals surface area contributed by atoms with Crippen molar-refractivity contribution in [1.82, 2.24) is 10.2 Å². The van der Waals surface area contributed by atoms with Gasteiger partial charge in [0.1, 0.15) is 0 Å². The van der Waals surface area contributed by atoms with Gasteiger partial charge in [0.05, 0.1) is 5.54 Å². The molecule has 0 heterocycles. The zero-order valence-corrected chi connectivity index (χ0v) is 12.2. The third kappa shape index (κ3) is 5.04. The van der Waals surface area contributed by atoms with E-state index in [1.807, 2.05) is 6.92 Å². The van der Waals surface area contributed by atoms with E-state index in [0.717, 1.165) is 19.4 Å². The topological polar surface area (TPSA) is 58.4 Å². The molecule has 0 aromatic heterocycles. The minimum Gasteiger partial charge on any atom is -0.368 e. The van der Waals surface area contributed by atoms with Gasteiger partial charge in [-0.2, -0.15) is 0 Å². The van der Waals surface area contributed by atoms with Crippen LogP contribution in [0.2, 0.25) is 0 Å². The van der Waals surface area contributed by atoms with E-state index in [0.29, 0.717) is 12.0 Å². The van der Waals surface area contributed by atoms with Gasteiger partial charge in [-0.3, -0.25) is 4.79 Å². The van der Waals surface area contributed by atoms with Crippen molar-refractivity contribution in [2.45, 2.75) is 52.1 Å². The second-order valence-corrected chi connectivity index (χ2v) is 5.52. The summed E-state index contributed by atoms with van der Waals surface area (Å²) in [7, 11) is 3.91. The molecule has 0 spiro atoms. The van der Waals surface area contributed by atoms with E-state index >= 15 is 0 Å². The highest BCUT2D eigenvalue weighted by Crippen LogP contribution is 2.14. The molecule has 0 aliphatic heterocycles. The average molecular weight is 243 g/mol. The summed E-state index contributed by atoms with van der Waals surface area (Å²) in [6.07, 6.45) is 1.74. The van der Waals surface area contributed by atoms with Crippen molar-refractivity contribution in [3.8, 4) is 0 Å². The number of primary amides is 1. The van der Waals surface area contributed by atoms with Gasteiger partial charge in [0.25, 0.3) is 0 Å². The normalized spacial score (nSPS) is 17.2. The van der Waals surface area contributed by atoms with Crippen molar-refractivity contribution >= 4 is 5.91 Å². The van der Waals surface area contributed by atoms with Gasteiger partial charge >= 0.3 is 0 Å². The molecule has 1 amide bonds. The first kappa shape index (κ1) is 16.4. The Morgan fingerprint density at radius 3 is 2.29 bits per heavy atom. The molecule has 0 aliphatic carbocycles. The van der Waals surface area contributed by atoms with E-state index in [-0.39, 0.29) is 5.91 Å². The molecule has 17 heavy (non-hydrogen) atoms.